The molecule has 0 spiro atoms. The van der Waals surface area contributed by atoms with Gasteiger partial charge in [-0.2, -0.15) is 4.98 Å². The molecule has 0 N–H and O–H groups in total. The second kappa shape index (κ2) is 8.81. The molecule has 30 heavy (non-hydrogen) atoms. The predicted octanol–water partition coefficient (Wildman–Crippen LogP) is 3.93. The Morgan fingerprint density at radius 2 is 1.90 bits per heavy atom. The number of nitrogens with zero attached hydrogens (tertiary/aromatic N) is 5. The van der Waals surface area contributed by atoms with E-state index in [1.807, 2.05) is 49.1 Å². The fraction of sp³-hybridized carbons (Fsp3) is 0.478. The number of amides is 1. The van der Waals surface area contributed by atoms with Crippen molar-refractivity contribution < 1.29 is 9.32 Å². The topological polar surface area (TPSA) is 75.4 Å². The highest BCUT2D eigenvalue weighted by atomic mass is 16.5. The molecule has 0 bridgehead atoms. The van der Waals surface area contributed by atoms with Crippen molar-refractivity contribution in [3.8, 4) is 11.3 Å². The average molecular weight is 408 g/mol. The van der Waals surface area contributed by atoms with Crippen LogP contribution in [0.5, 0.6) is 0 Å². The monoisotopic (exact) mass is 407 g/mol. The molecular formula is C23H29N5O2. The number of carbonyl (C=O) groups is 1. The first-order chi connectivity index (χ1) is 14.6. The van der Waals surface area contributed by atoms with Gasteiger partial charge in [0.15, 0.2) is 0 Å². The van der Waals surface area contributed by atoms with E-state index >= 15 is 0 Å². The summed E-state index contributed by atoms with van der Waals surface area (Å²) in [6.45, 7) is 9.06. The molecule has 158 valence electrons. The number of hydrogen-bond acceptors (Lipinski definition) is 6. The van der Waals surface area contributed by atoms with Gasteiger partial charge in [-0.15, -0.1) is 0 Å². The molecule has 7 nitrogen and oxygen atoms in total. The van der Waals surface area contributed by atoms with E-state index in [2.05, 4.69) is 22.0 Å². The number of aryl methyl sites for hydroxylation is 1. The van der Waals surface area contributed by atoms with Gasteiger partial charge in [0.05, 0.1) is 0 Å². The molecule has 7 heteroatoms. The summed E-state index contributed by atoms with van der Waals surface area (Å²) in [7, 11) is 0. The normalized spacial score (nSPS) is 15.1. The molecule has 1 amide bonds. The van der Waals surface area contributed by atoms with Gasteiger partial charge in [-0.1, -0.05) is 56.3 Å². The van der Waals surface area contributed by atoms with Crippen LogP contribution in [0.4, 0.5) is 5.82 Å². The highest BCUT2D eigenvalue weighted by Crippen LogP contribution is 2.34. The lowest BCUT2D eigenvalue weighted by Gasteiger charge is -2.24. The number of aromatic nitrogens is 3. The van der Waals surface area contributed by atoms with Gasteiger partial charge in [0, 0.05) is 44.1 Å². The number of rotatable bonds is 5. The van der Waals surface area contributed by atoms with Gasteiger partial charge in [0.25, 0.3) is 5.71 Å². The molecule has 1 aromatic carbocycles. The van der Waals surface area contributed by atoms with Gasteiger partial charge < -0.3 is 14.3 Å². The molecule has 3 heterocycles. The fourth-order valence-electron chi connectivity index (χ4n) is 3.95. The minimum atomic E-state index is 0.0150. The number of benzene rings is 1. The van der Waals surface area contributed by atoms with Crippen LogP contribution in [0.15, 0.2) is 34.9 Å². The Kier molecular flexibility index (Phi) is 5.97. The molecule has 1 aliphatic heterocycles. The maximum absolute atomic E-state index is 12.5. The number of hydrogen-bond donors (Lipinski definition) is 0. The molecular weight excluding hydrogens is 378 g/mol. The third-order valence-corrected chi connectivity index (χ3v) is 5.49. The van der Waals surface area contributed by atoms with Gasteiger partial charge in [0.2, 0.25) is 5.91 Å². The van der Waals surface area contributed by atoms with Crippen molar-refractivity contribution in [1.29, 1.82) is 0 Å². The van der Waals surface area contributed by atoms with Gasteiger partial charge in [-0.05, 0) is 12.8 Å². The van der Waals surface area contributed by atoms with E-state index in [0.29, 0.717) is 12.3 Å². The first-order valence-corrected chi connectivity index (χ1v) is 10.8. The molecule has 0 unspecified atom stereocenters. The second-order valence-corrected chi connectivity index (χ2v) is 8.11. The van der Waals surface area contributed by atoms with Crippen molar-refractivity contribution in [2.24, 2.45) is 5.92 Å². The van der Waals surface area contributed by atoms with Crippen LogP contribution in [0, 0.1) is 5.92 Å². The lowest BCUT2D eigenvalue weighted by atomic mass is 10.1. The number of anilines is 1. The Morgan fingerprint density at radius 3 is 2.63 bits per heavy atom. The maximum Gasteiger partial charge on any atom is 0.263 e. The maximum atomic E-state index is 12.5. The van der Waals surface area contributed by atoms with Crippen molar-refractivity contribution in [3.63, 3.8) is 0 Å². The van der Waals surface area contributed by atoms with Crippen LogP contribution in [0.1, 0.15) is 39.4 Å². The second-order valence-electron chi connectivity index (χ2n) is 8.11. The third kappa shape index (κ3) is 4.01. The zero-order chi connectivity index (χ0) is 21.1. The Labute approximate surface area is 177 Å². The first-order valence-electron chi connectivity index (χ1n) is 10.8. The molecule has 0 saturated carbocycles. The molecule has 0 aliphatic carbocycles. The van der Waals surface area contributed by atoms with Crippen LogP contribution < -0.4 is 4.90 Å². The van der Waals surface area contributed by atoms with Gasteiger partial charge in [0.1, 0.15) is 22.7 Å². The van der Waals surface area contributed by atoms with Gasteiger partial charge in [-0.3, -0.25) is 4.79 Å². The lowest BCUT2D eigenvalue weighted by molar-refractivity contribution is -0.134. The van der Waals surface area contributed by atoms with Gasteiger partial charge >= 0.3 is 0 Å². The Hall–Kier alpha value is -2.96. The predicted molar refractivity (Wildman–Crippen MR) is 117 cm³/mol. The Balaban J connectivity index is 1.74. The summed E-state index contributed by atoms with van der Waals surface area (Å²) in [4.78, 5) is 26.3. The molecule has 1 saturated heterocycles. The summed E-state index contributed by atoms with van der Waals surface area (Å²) in [5.74, 6) is 1.87. The van der Waals surface area contributed by atoms with Crippen molar-refractivity contribution in [2.45, 2.75) is 40.0 Å². The van der Waals surface area contributed by atoms with Crippen molar-refractivity contribution >= 4 is 22.8 Å². The van der Waals surface area contributed by atoms with Crippen molar-refractivity contribution in [1.82, 2.24) is 20.0 Å². The first kappa shape index (κ1) is 20.3. The van der Waals surface area contributed by atoms with Crippen LogP contribution in [0.2, 0.25) is 0 Å². The Morgan fingerprint density at radius 1 is 1.10 bits per heavy atom. The van der Waals surface area contributed by atoms with E-state index in [-0.39, 0.29) is 11.8 Å². The zero-order valence-electron chi connectivity index (χ0n) is 18.0. The van der Waals surface area contributed by atoms with E-state index in [1.165, 1.54) is 0 Å². The van der Waals surface area contributed by atoms with E-state index in [1.54, 1.807) is 0 Å². The SMILES string of the molecule is CCCc1nc(N2CCCN(C(=O)C(C)C)CC2)c2c(-c3ccccc3)noc2n1. The zero-order valence-corrected chi connectivity index (χ0v) is 18.0. The standard InChI is InChI=1S/C23H29N5O2/c1-4-9-18-24-21(27-12-8-13-28(15-14-27)23(29)16(2)3)19-20(26-30-22(19)25-18)17-10-6-5-7-11-17/h5-7,10-11,16H,4,8-9,12-15H2,1-3H3. The van der Waals surface area contributed by atoms with Gasteiger partial charge in [-0.25, -0.2) is 4.98 Å². The fourth-order valence-corrected chi connectivity index (χ4v) is 3.95. The summed E-state index contributed by atoms with van der Waals surface area (Å²) in [6, 6.07) is 10.0. The number of fused-ring (bicyclic) bond motifs is 1. The minimum Gasteiger partial charge on any atom is -0.354 e. The van der Waals surface area contributed by atoms with E-state index in [9.17, 15) is 4.79 Å². The molecule has 1 aliphatic rings. The molecule has 4 rings (SSSR count). The number of carbonyl (C=O) groups excluding carboxylic acids is 1. The summed E-state index contributed by atoms with van der Waals surface area (Å²) < 4.78 is 5.65. The lowest BCUT2D eigenvalue weighted by Crippen LogP contribution is -2.37. The Bertz CT molecular complexity index is 1020. The smallest absolute Gasteiger partial charge is 0.263 e. The summed E-state index contributed by atoms with van der Waals surface area (Å²) in [5.41, 5.74) is 2.28. The molecule has 0 radical (unpaired) electrons. The minimum absolute atomic E-state index is 0.0150. The van der Waals surface area contributed by atoms with Crippen molar-refractivity contribution in [2.75, 3.05) is 31.1 Å². The third-order valence-electron chi connectivity index (χ3n) is 5.49. The molecule has 1 fully saturated rings. The van der Waals surface area contributed by atoms with E-state index in [4.69, 9.17) is 9.51 Å². The van der Waals surface area contributed by atoms with Crippen LogP contribution >= 0.6 is 0 Å². The molecule has 0 atom stereocenters. The van der Waals surface area contributed by atoms with Crippen LogP contribution in [-0.2, 0) is 11.2 Å². The highest BCUT2D eigenvalue weighted by molar-refractivity contribution is 5.98. The van der Waals surface area contributed by atoms with Crippen molar-refractivity contribution in [3.05, 3.63) is 36.2 Å². The highest BCUT2D eigenvalue weighted by Gasteiger charge is 2.26. The van der Waals surface area contributed by atoms with E-state index < -0.39 is 0 Å². The van der Waals surface area contributed by atoms with Crippen LogP contribution in [0.25, 0.3) is 22.4 Å². The van der Waals surface area contributed by atoms with E-state index in [0.717, 1.165) is 67.2 Å². The van der Waals surface area contributed by atoms with Crippen LogP contribution in [0.3, 0.4) is 0 Å². The average Bonchev–Trinajstić information content (AvgIpc) is 3.02. The quantitative estimate of drug-likeness (QED) is 0.638. The molecule has 2 aromatic heterocycles. The summed E-state index contributed by atoms with van der Waals surface area (Å²) in [6.07, 6.45) is 2.65. The molecule has 3 aromatic rings. The largest absolute Gasteiger partial charge is 0.354 e. The summed E-state index contributed by atoms with van der Waals surface area (Å²) >= 11 is 0. The van der Waals surface area contributed by atoms with Crippen LogP contribution in [-0.4, -0.2) is 52.1 Å². The summed E-state index contributed by atoms with van der Waals surface area (Å²) in [5, 5.41) is 5.19.